The third-order valence-corrected chi connectivity index (χ3v) is 6.32. The molecule has 1 saturated heterocycles. The predicted molar refractivity (Wildman–Crippen MR) is 121 cm³/mol. The molecule has 0 saturated carbocycles. The standard InChI is InChI=1S/C19H12Cl3FN2O2S2/c20-11-8-13(22)15(9-12(11)21)24-17(26)5-6-25-18(27)16(29-19(25)28)7-10-3-1-2-4-14(10)23/h1-4,7-9H,5-6H2,(H,24,26). The van der Waals surface area contributed by atoms with Gasteiger partial charge in [-0.05, 0) is 24.3 Å². The van der Waals surface area contributed by atoms with Gasteiger partial charge in [-0.2, -0.15) is 0 Å². The number of benzene rings is 2. The molecule has 0 radical (unpaired) electrons. The van der Waals surface area contributed by atoms with E-state index in [0.29, 0.717) is 20.5 Å². The fourth-order valence-corrected chi connectivity index (χ4v) is 4.36. The fraction of sp³-hybridized carbons (Fsp3) is 0.105. The van der Waals surface area contributed by atoms with Crippen molar-refractivity contribution in [3.63, 3.8) is 0 Å². The largest absolute Gasteiger partial charge is 0.325 e. The lowest BCUT2D eigenvalue weighted by Gasteiger charge is -2.14. The summed E-state index contributed by atoms with van der Waals surface area (Å²) in [4.78, 5) is 26.4. The van der Waals surface area contributed by atoms with Gasteiger partial charge in [0, 0.05) is 18.5 Å². The molecule has 0 unspecified atom stereocenters. The number of hydrogen-bond donors (Lipinski definition) is 1. The van der Waals surface area contributed by atoms with E-state index in [-0.39, 0.29) is 39.8 Å². The van der Waals surface area contributed by atoms with Gasteiger partial charge in [0.2, 0.25) is 5.91 Å². The SMILES string of the molecule is O=C(CCN1C(=O)C(=Cc2ccccc2F)SC1=S)Nc1cc(Cl)c(Cl)cc1Cl. The second-order valence-corrected chi connectivity index (χ2v) is 8.80. The van der Waals surface area contributed by atoms with Crippen molar-refractivity contribution < 1.29 is 14.0 Å². The van der Waals surface area contributed by atoms with Crippen LogP contribution in [0.1, 0.15) is 12.0 Å². The van der Waals surface area contributed by atoms with Gasteiger partial charge in [-0.1, -0.05) is 77.0 Å². The molecule has 2 amide bonds. The van der Waals surface area contributed by atoms with Crippen molar-refractivity contribution in [1.29, 1.82) is 0 Å². The van der Waals surface area contributed by atoms with Crippen LogP contribution in [0.15, 0.2) is 41.3 Å². The van der Waals surface area contributed by atoms with Crippen LogP contribution in [0.4, 0.5) is 10.1 Å². The van der Waals surface area contributed by atoms with Gasteiger partial charge in [0.1, 0.15) is 10.1 Å². The van der Waals surface area contributed by atoms with Crippen molar-refractivity contribution in [2.24, 2.45) is 0 Å². The Morgan fingerprint density at radius 3 is 2.59 bits per heavy atom. The zero-order valence-corrected chi connectivity index (χ0v) is 18.4. The van der Waals surface area contributed by atoms with Crippen molar-refractivity contribution >= 4 is 86.7 Å². The number of rotatable bonds is 5. The first-order valence-electron chi connectivity index (χ1n) is 8.20. The summed E-state index contributed by atoms with van der Waals surface area (Å²) >= 11 is 24.1. The maximum absolute atomic E-state index is 13.8. The van der Waals surface area contributed by atoms with Gasteiger partial charge in [0.05, 0.1) is 25.7 Å². The summed E-state index contributed by atoms with van der Waals surface area (Å²) < 4.78 is 14.1. The van der Waals surface area contributed by atoms with E-state index < -0.39 is 5.82 Å². The lowest BCUT2D eigenvalue weighted by Crippen LogP contribution is -2.31. The van der Waals surface area contributed by atoms with Crippen LogP contribution in [0.3, 0.4) is 0 Å². The van der Waals surface area contributed by atoms with E-state index in [0.717, 1.165) is 11.8 Å². The summed E-state index contributed by atoms with van der Waals surface area (Å²) in [6.07, 6.45) is 1.43. The Kier molecular flexibility index (Phi) is 7.19. The number of carbonyl (C=O) groups is 2. The molecule has 0 bridgehead atoms. The molecule has 150 valence electrons. The molecule has 1 N–H and O–H groups in total. The van der Waals surface area contributed by atoms with Crippen molar-refractivity contribution in [2.75, 3.05) is 11.9 Å². The van der Waals surface area contributed by atoms with Crippen LogP contribution in [0.25, 0.3) is 6.08 Å². The van der Waals surface area contributed by atoms with Crippen LogP contribution in [-0.2, 0) is 9.59 Å². The fourth-order valence-electron chi connectivity index (χ4n) is 2.47. The Morgan fingerprint density at radius 2 is 1.86 bits per heavy atom. The summed E-state index contributed by atoms with van der Waals surface area (Å²) in [7, 11) is 0. The second-order valence-electron chi connectivity index (χ2n) is 5.90. The molecule has 1 fully saturated rings. The maximum Gasteiger partial charge on any atom is 0.266 e. The van der Waals surface area contributed by atoms with Gasteiger partial charge >= 0.3 is 0 Å². The quantitative estimate of drug-likeness (QED) is 0.317. The van der Waals surface area contributed by atoms with Crippen LogP contribution in [0, 0.1) is 5.82 Å². The highest BCUT2D eigenvalue weighted by Gasteiger charge is 2.32. The molecule has 10 heteroatoms. The molecule has 0 aromatic heterocycles. The Morgan fingerprint density at radius 1 is 1.17 bits per heavy atom. The summed E-state index contributed by atoms with van der Waals surface area (Å²) in [5.41, 5.74) is 0.607. The van der Waals surface area contributed by atoms with Crippen molar-refractivity contribution in [1.82, 2.24) is 4.90 Å². The first-order chi connectivity index (χ1) is 13.8. The van der Waals surface area contributed by atoms with E-state index >= 15 is 0 Å². The number of nitrogens with one attached hydrogen (secondary N) is 1. The molecule has 0 spiro atoms. The molecule has 2 aromatic carbocycles. The number of nitrogens with zero attached hydrogens (tertiary/aromatic N) is 1. The Labute approximate surface area is 191 Å². The van der Waals surface area contributed by atoms with Gasteiger partial charge < -0.3 is 5.32 Å². The van der Waals surface area contributed by atoms with Crippen LogP contribution >= 0.6 is 58.8 Å². The Balaban J connectivity index is 1.64. The number of thioether (sulfide) groups is 1. The molecule has 3 rings (SSSR count). The molecule has 29 heavy (non-hydrogen) atoms. The monoisotopic (exact) mass is 488 g/mol. The minimum Gasteiger partial charge on any atom is -0.325 e. The molecule has 4 nitrogen and oxygen atoms in total. The van der Waals surface area contributed by atoms with E-state index in [9.17, 15) is 14.0 Å². The number of amides is 2. The topological polar surface area (TPSA) is 49.4 Å². The molecular formula is C19H12Cl3FN2O2S2. The molecule has 0 aliphatic carbocycles. The molecular weight excluding hydrogens is 478 g/mol. The van der Waals surface area contributed by atoms with Crippen LogP contribution < -0.4 is 5.32 Å². The minimum absolute atomic E-state index is 0.0179. The first-order valence-corrected chi connectivity index (χ1v) is 10.6. The highest BCUT2D eigenvalue weighted by Crippen LogP contribution is 2.34. The first kappa shape index (κ1) is 22.1. The summed E-state index contributed by atoms with van der Waals surface area (Å²) in [5.74, 6) is -1.18. The van der Waals surface area contributed by atoms with Crippen LogP contribution in [0.5, 0.6) is 0 Å². The normalized spacial score (nSPS) is 15.3. The van der Waals surface area contributed by atoms with Gasteiger partial charge in [-0.3, -0.25) is 14.5 Å². The smallest absolute Gasteiger partial charge is 0.266 e. The van der Waals surface area contributed by atoms with Gasteiger partial charge in [-0.25, -0.2) is 4.39 Å². The average Bonchev–Trinajstić information content (AvgIpc) is 2.93. The average molecular weight is 490 g/mol. The zero-order chi connectivity index (χ0) is 21.1. The summed E-state index contributed by atoms with van der Waals surface area (Å²) in [5, 5.41) is 3.39. The number of hydrogen-bond acceptors (Lipinski definition) is 4. The Bertz CT molecular complexity index is 1050. The Hall–Kier alpha value is -1.64. The third-order valence-electron chi connectivity index (χ3n) is 3.91. The van der Waals surface area contributed by atoms with E-state index in [1.807, 2.05) is 0 Å². The van der Waals surface area contributed by atoms with Crippen molar-refractivity contribution in [3.05, 3.63) is 67.8 Å². The van der Waals surface area contributed by atoms with Gasteiger partial charge in [0.15, 0.2) is 0 Å². The molecule has 1 heterocycles. The van der Waals surface area contributed by atoms with Crippen LogP contribution in [0.2, 0.25) is 15.1 Å². The number of thiocarbonyl (C=S) groups is 1. The molecule has 0 atom stereocenters. The number of halogens is 4. The predicted octanol–water partition coefficient (Wildman–Crippen LogP) is 6.02. The second kappa shape index (κ2) is 9.45. The van der Waals surface area contributed by atoms with E-state index in [4.69, 9.17) is 47.0 Å². The van der Waals surface area contributed by atoms with Crippen molar-refractivity contribution in [2.45, 2.75) is 6.42 Å². The van der Waals surface area contributed by atoms with Crippen molar-refractivity contribution in [3.8, 4) is 0 Å². The van der Waals surface area contributed by atoms with E-state index in [1.165, 1.54) is 29.2 Å². The third kappa shape index (κ3) is 5.29. The zero-order valence-electron chi connectivity index (χ0n) is 14.5. The van der Waals surface area contributed by atoms with Crippen LogP contribution in [-0.4, -0.2) is 27.6 Å². The molecule has 1 aliphatic rings. The summed E-state index contributed by atoms with van der Waals surface area (Å²) in [6.45, 7) is 0.0735. The van der Waals surface area contributed by atoms with Gasteiger partial charge in [0.25, 0.3) is 5.91 Å². The van der Waals surface area contributed by atoms with Gasteiger partial charge in [-0.15, -0.1) is 0 Å². The number of carbonyl (C=O) groups excluding carboxylic acids is 2. The molecule has 2 aromatic rings. The lowest BCUT2D eigenvalue weighted by molar-refractivity contribution is -0.122. The summed E-state index contributed by atoms with van der Waals surface area (Å²) in [6, 6.07) is 8.99. The van der Waals surface area contributed by atoms with E-state index in [1.54, 1.807) is 18.2 Å². The number of anilines is 1. The maximum atomic E-state index is 13.8. The molecule has 1 aliphatic heterocycles. The highest BCUT2D eigenvalue weighted by molar-refractivity contribution is 8.26. The van der Waals surface area contributed by atoms with E-state index in [2.05, 4.69) is 5.32 Å². The lowest BCUT2D eigenvalue weighted by atomic mass is 10.2. The highest BCUT2D eigenvalue weighted by atomic mass is 35.5. The minimum atomic E-state index is -0.435.